The fraction of sp³-hybridized carbons (Fsp3) is 0.222. The molecular formula is C9H12N2O. The van der Waals surface area contributed by atoms with E-state index >= 15 is 0 Å². The second-order valence-corrected chi connectivity index (χ2v) is 2.48. The largest absolute Gasteiger partial charge is 0.332 e. The van der Waals surface area contributed by atoms with E-state index in [1.807, 2.05) is 13.0 Å². The number of aryl methyl sites for hydroxylation is 1. The van der Waals surface area contributed by atoms with E-state index < -0.39 is 0 Å². The lowest BCUT2D eigenvalue weighted by Gasteiger charge is -1.98. The normalized spacial score (nSPS) is 11.7. The molecule has 0 aromatic carbocycles. The van der Waals surface area contributed by atoms with Crippen LogP contribution in [0.3, 0.4) is 0 Å². The molecule has 0 unspecified atom stereocenters. The summed E-state index contributed by atoms with van der Waals surface area (Å²) in [5, 5.41) is 0. The SMILES string of the molecule is C=CC(=CC)n1ccn(C)c1=O. The molecule has 0 N–H and O–H groups in total. The number of hydrogen-bond donors (Lipinski definition) is 0. The third-order valence-electron chi connectivity index (χ3n) is 1.73. The Morgan fingerprint density at radius 3 is 2.58 bits per heavy atom. The third-order valence-corrected chi connectivity index (χ3v) is 1.73. The smallest absolute Gasteiger partial charge is 0.302 e. The maximum atomic E-state index is 11.4. The zero-order valence-electron chi connectivity index (χ0n) is 7.32. The van der Waals surface area contributed by atoms with Gasteiger partial charge in [-0.1, -0.05) is 12.7 Å². The molecule has 0 aliphatic heterocycles. The highest BCUT2D eigenvalue weighted by atomic mass is 16.1. The molecule has 1 aromatic rings. The first-order valence-electron chi connectivity index (χ1n) is 3.73. The molecule has 0 fully saturated rings. The molecule has 12 heavy (non-hydrogen) atoms. The molecule has 1 aromatic heterocycles. The van der Waals surface area contributed by atoms with E-state index in [-0.39, 0.29) is 5.69 Å². The van der Waals surface area contributed by atoms with E-state index in [4.69, 9.17) is 0 Å². The molecule has 0 saturated carbocycles. The maximum absolute atomic E-state index is 11.4. The molecule has 64 valence electrons. The third kappa shape index (κ3) is 1.25. The molecule has 0 amide bonds. The molecule has 1 rings (SSSR count). The lowest BCUT2D eigenvalue weighted by atomic mass is 10.4. The van der Waals surface area contributed by atoms with Crippen molar-refractivity contribution in [2.45, 2.75) is 6.92 Å². The van der Waals surface area contributed by atoms with Crippen molar-refractivity contribution in [1.82, 2.24) is 9.13 Å². The Morgan fingerprint density at radius 1 is 1.58 bits per heavy atom. The van der Waals surface area contributed by atoms with Crippen molar-refractivity contribution in [3.8, 4) is 0 Å². The lowest BCUT2D eigenvalue weighted by Crippen LogP contribution is -2.20. The minimum absolute atomic E-state index is 0.0528. The fourth-order valence-corrected chi connectivity index (χ4v) is 1.02. The Hall–Kier alpha value is -1.51. The highest BCUT2D eigenvalue weighted by Crippen LogP contribution is 2.00. The van der Waals surface area contributed by atoms with Gasteiger partial charge >= 0.3 is 5.69 Å². The minimum Gasteiger partial charge on any atom is -0.302 e. The van der Waals surface area contributed by atoms with E-state index in [2.05, 4.69) is 6.58 Å². The van der Waals surface area contributed by atoms with Gasteiger partial charge < -0.3 is 4.57 Å². The Kier molecular flexibility index (Phi) is 2.33. The van der Waals surface area contributed by atoms with Crippen LogP contribution in [0.25, 0.3) is 5.70 Å². The molecule has 3 heteroatoms. The van der Waals surface area contributed by atoms with Crippen LogP contribution >= 0.6 is 0 Å². The second kappa shape index (κ2) is 3.26. The van der Waals surface area contributed by atoms with Crippen LogP contribution in [0.15, 0.2) is 35.9 Å². The van der Waals surface area contributed by atoms with Crippen molar-refractivity contribution in [3.63, 3.8) is 0 Å². The van der Waals surface area contributed by atoms with Gasteiger partial charge in [-0.2, -0.15) is 0 Å². The lowest BCUT2D eigenvalue weighted by molar-refractivity contribution is 0.832. The van der Waals surface area contributed by atoms with Crippen LogP contribution in [0.4, 0.5) is 0 Å². The van der Waals surface area contributed by atoms with Crippen molar-refractivity contribution in [2.24, 2.45) is 7.05 Å². The van der Waals surface area contributed by atoms with Crippen molar-refractivity contribution in [2.75, 3.05) is 0 Å². The van der Waals surface area contributed by atoms with Crippen LogP contribution in [0, 0.1) is 0 Å². The average molecular weight is 164 g/mol. The average Bonchev–Trinajstić information content (AvgIpc) is 2.38. The summed E-state index contributed by atoms with van der Waals surface area (Å²) in [5.74, 6) is 0. The maximum Gasteiger partial charge on any atom is 0.332 e. The summed E-state index contributed by atoms with van der Waals surface area (Å²) in [6.07, 6.45) is 6.94. The topological polar surface area (TPSA) is 26.9 Å². The van der Waals surface area contributed by atoms with E-state index in [0.29, 0.717) is 0 Å². The van der Waals surface area contributed by atoms with Gasteiger partial charge in [0.15, 0.2) is 0 Å². The number of nitrogens with zero attached hydrogens (tertiary/aromatic N) is 2. The quantitative estimate of drug-likeness (QED) is 0.604. The van der Waals surface area contributed by atoms with Gasteiger partial charge in [0.1, 0.15) is 0 Å². The summed E-state index contributed by atoms with van der Waals surface area (Å²) in [5.41, 5.74) is 0.753. The van der Waals surface area contributed by atoms with Gasteiger partial charge in [0.05, 0.1) is 0 Å². The number of aromatic nitrogens is 2. The molecule has 1 heterocycles. The molecule has 0 bridgehead atoms. The Labute approximate surface area is 71.3 Å². The van der Waals surface area contributed by atoms with Gasteiger partial charge in [-0.15, -0.1) is 0 Å². The summed E-state index contributed by atoms with van der Waals surface area (Å²) >= 11 is 0. The van der Waals surface area contributed by atoms with Gasteiger partial charge in [-0.05, 0) is 13.0 Å². The summed E-state index contributed by atoms with van der Waals surface area (Å²) < 4.78 is 3.07. The molecule has 0 radical (unpaired) electrons. The van der Waals surface area contributed by atoms with Gasteiger partial charge in [0, 0.05) is 25.1 Å². The van der Waals surface area contributed by atoms with Gasteiger partial charge in [0.25, 0.3) is 0 Å². The molecule has 0 atom stereocenters. The first-order valence-corrected chi connectivity index (χ1v) is 3.73. The predicted molar refractivity (Wildman–Crippen MR) is 49.8 cm³/mol. The van der Waals surface area contributed by atoms with Crippen molar-refractivity contribution in [3.05, 3.63) is 41.6 Å². The molecular weight excluding hydrogens is 152 g/mol. The van der Waals surface area contributed by atoms with Gasteiger partial charge in [-0.25, -0.2) is 4.79 Å². The predicted octanol–water partition coefficient (Wildman–Crippen LogP) is 1.23. The minimum atomic E-state index is -0.0528. The number of hydrogen-bond acceptors (Lipinski definition) is 1. The number of imidazole rings is 1. The van der Waals surface area contributed by atoms with E-state index in [9.17, 15) is 4.79 Å². The second-order valence-electron chi connectivity index (χ2n) is 2.48. The number of rotatable bonds is 2. The van der Waals surface area contributed by atoms with Crippen LogP contribution in [0.5, 0.6) is 0 Å². The first kappa shape index (κ1) is 8.59. The molecule has 0 aliphatic rings. The molecule has 0 aliphatic carbocycles. The Morgan fingerprint density at radius 2 is 2.25 bits per heavy atom. The fourth-order valence-electron chi connectivity index (χ4n) is 1.02. The summed E-state index contributed by atoms with van der Waals surface area (Å²) in [6.45, 7) is 5.49. The zero-order valence-corrected chi connectivity index (χ0v) is 7.32. The van der Waals surface area contributed by atoms with Crippen LogP contribution < -0.4 is 5.69 Å². The summed E-state index contributed by atoms with van der Waals surface area (Å²) in [6, 6.07) is 0. The van der Waals surface area contributed by atoms with Crippen molar-refractivity contribution < 1.29 is 0 Å². The van der Waals surface area contributed by atoms with Crippen LogP contribution in [0.2, 0.25) is 0 Å². The van der Waals surface area contributed by atoms with Crippen LogP contribution in [-0.2, 0) is 7.05 Å². The summed E-state index contributed by atoms with van der Waals surface area (Å²) in [7, 11) is 1.72. The summed E-state index contributed by atoms with van der Waals surface area (Å²) in [4.78, 5) is 11.4. The molecule has 0 saturated heterocycles. The standard InChI is InChI=1S/C9H12N2O/c1-4-8(5-2)11-7-6-10(3)9(11)12/h4-7H,1H2,2-3H3. The highest BCUT2D eigenvalue weighted by Gasteiger charge is 2.00. The highest BCUT2D eigenvalue weighted by molar-refractivity contribution is 5.55. The number of allylic oxidation sites excluding steroid dienone is 3. The molecule has 0 spiro atoms. The van der Waals surface area contributed by atoms with Crippen LogP contribution in [-0.4, -0.2) is 9.13 Å². The van der Waals surface area contributed by atoms with Crippen LogP contribution in [0.1, 0.15) is 6.92 Å². The van der Waals surface area contributed by atoms with Crippen molar-refractivity contribution >= 4 is 5.70 Å². The van der Waals surface area contributed by atoms with Gasteiger partial charge in [-0.3, -0.25) is 4.57 Å². The van der Waals surface area contributed by atoms with Crippen molar-refractivity contribution in [1.29, 1.82) is 0 Å². The van der Waals surface area contributed by atoms with Gasteiger partial charge in [0.2, 0.25) is 0 Å². The monoisotopic (exact) mass is 164 g/mol. The van der Waals surface area contributed by atoms with E-state index in [1.54, 1.807) is 30.1 Å². The Balaban J connectivity index is 3.28. The molecule has 3 nitrogen and oxygen atoms in total. The van der Waals surface area contributed by atoms with E-state index in [0.717, 1.165) is 5.70 Å². The van der Waals surface area contributed by atoms with E-state index in [1.165, 1.54) is 4.57 Å². The first-order chi connectivity index (χ1) is 5.70. The zero-order chi connectivity index (χ0) is 9.14. The Bertz CT molecular complexity index is 368.